The summed E-state index contributed by atoms with van der Waals surface area (Å²) in [4.78, 5) is 35.8. The predicted molar refractivity (Wildman–Crippen MR) is 127 cm³/mol. The number of carbonyl (C=O) groups is 2. The second kappa shape index (κ2) is 9.48. The molecular weight excluding hydrogens is 470 g/mol. The van der Waals surface area contributed by atoms with Crippen LogP contribution in [0.3, 0.4) is 0 Å². The van der Waals surface area contributed by atoms with Crippen molar-refractivity contribution in [2.75, 3.05) is 40.4 Å². The first-order valence-corrected chi connectivity index (χ1v) is 12.0. The van der Waals surface area contributed by atoms with Crippen molar-refractivity contribution >= 4 is 46.1 Å². The first kappa shape index (κ1) is 22.6. The molecule has 3 aromatic rings. The van der Waals surface area contributed by atoms with Crippen molar-refractivity contribution < 1.29 is 19.1 Å². The summed E-state index contributed by atoms with van der Waals surface area (Å²) in [6, 6.07) is 8.88. The van der Waals surface area contributed by atoms with E-state index in [4.69, 9.17) is 21.1 Å². The third kappa shape index (κ3) is 4.46. The van der Waals surface area contributed by atoms with Gasteiger partial charge < -0.3 is 19.3 Å². The Morgan fingerprint density at radius 1 is 0.969 bits per heavy atom. The molecule has 0 spiro atoms. The largest absolute Gasteiger partial charge is 0.497 e. The van der Waals surface area contributed by atoms with Crippen molar-refractivity contribution in [3.05, 3.63) is 50.8 Å². The van der Waals surface area contributed by atoms with Crippen LogP contribution in [0.25, 0.3) is 9.88 Å². The van der Waals surface area contributed by atoms with Gasteiger partial charge in [-0.2, -0.15) is 0 Å². The third-order valence-corrected chi connectivity index (χ3v) is 7.81. The molecule has 0 atom stereocenters. The standard InChI is InChI=1S/C22H22ClN3O4S2/c1-13-19(32-20(24-13)17-6-7-18(23)31-17)22(28)26-10-8-25(9-11-26)21(27)15-5-4-14(29-2)12-16(15)30-3/h4-7,12H,8-11H2,1-3H3. The molecule has 4 rings (SSSR count). The second-order valence-corrected chi connectivity index (χ2v) is 9.90. The molecule has 2 aromatic heterocycles. The highest BCUT2D eigenvalue weighted by molar-refractivity contribution is 7.24. The van der Waals surface area contributed by atoms with Gasteiger partial charge >= 0.3 is 0 Å². The minimum Gasteiger partial charge on any atom is -0.497 e. The van der Waals surface area contributed by atoms with Crippen molar-refractivity contribution in [3.8, 4) is 21.4 Å². The van der Waals surface area contributed by atoms with Gasteiger partial charge in [-0.1, -0.05) is 11.6 Å². The highest BCUT2D eigenvalue weighted by Crippen LogP contribution is 2.35. The Kier molecular flexibility index (Phi) is 6.68. The third-order valence-electron chi connectivity index (χ3n) is 5.27. The quantitative estimate of drug-likeness (QED) is 0.527. The fraction of sp³-hybridized carbons (Fsp3) is 0.318. The number of piperazine rings is 1. The van der Waals surface area contributed by atoms with Crippen molar-refractivity contribution in [2.45, 2.75) is 6.92 Å². The number of methoxy groups -OCH3 is 2. The number of thiophene rings is 1. The van der Waals surface area contributed by atoms with E-state index >= 15 is 0 Å². The monoisotopic (exact) mass is 491 g/mol. The molecule has 168 valence electrons. The summed E-state index contributed by atoms with van der Waals surface area (Å²) in [5, 5.41) is 0.795. The normalized spacial score (nSPS) is 13.9. The molecular formula is C22H22ClN3O4S2. The molecule has 32 heavy (non-hydrogen) atoms. The van der Waals surface area contributed by atoms with Gasteiger partial charge in [0.1, 0.15) is 21.4 Å². The zero-order chi connectivity index (χ0) is 22.8. The lowest BCUT2D eigenvalue weighted by Crippen LogP contribution is -2.50. The Balaban J connectivity index is 1.43. The topological polar surface area (TPSA) is 72.0 Å². The molecule has 0 bridgehead atoms. The van der Waals surface area contributed by atoms with E-state index in [1.165, 1.54) is 29.8 Å². The molecule has 0 unspecified atom stereocenters. The van der Waals surface area contributed by atoms with Gasteiger partial charge in [0.05, 0.1) is 34.7 Å². The van der Waals surface area contributed by atoms with Gasteiger partial charge in [-0.25, -0.2) is 4.98 Å². The van der Waals surface area contributed by atoms with Gasteiger partial charge in [0.15, 0.2) is 0 Å². The number of thiazole rings is 1. The van der Waals surface area contributed by atoms with Crippen molar-refractivity contribution in [1.29, 1.82) is 0 Å². The first-order chi connectivity index (χ1) is 15.4. The molecule has 0 aliphatic carbocycles. The molecule has 7 nitrogen and oxygen atoms in total. The lowest BCUT2D eigenvalue weighted by molar-refractivity contribution is 0.0535. The summed E-state index contributed by atoms with van der Waals surface area (Å²) in [6.07, 6.45) is 0. The molecule has 3 heterocycles. The first-order valence-electron chi connectivity index (χ1n) is 9.95. The minimum atomic E-state index is -0.123. The molecule has 10 heteroatoms. The number of amides is 2. The van der Waals surface area contributed by atoms with Crippen LogP contribution >= 0.6 is 34.3 Å². The zero-order valence-corrected chi connectivity index (χ0v) is 20.3. The fourth-order valence-electron chi connectivity index (χ4n) is 3.53. The maximum atomic E-state index is 13.1. The number of halogens is 1. The van der Waals surface area contributed by atoms with Crippen LogP contribution in [0.15, 0.2) is 30.3 Å². The van der Waals surface area contributed by atoms with E-state index in [0.29, 0.717) is 58.1 Å². The molecule has 1 aromatic carbocycles. The van der Waals surface area contributed by atoms with Gasteiger partial charge in [-0.05, 0) is 31.2 Å². The van der Waals surface area contributed by atoms with Gasteiger partial charge in [0.25, 0.3) is 11.8 Å². The van der Waals surface area contributed by atoms with E-state index in [9.17, 15) is 9.59 Å². The summed E-state index contributed by atoms with van der Waals surface area (Å²) in [7, 11) is 3.09. The average Bonchev–Trinajstić information content (AvgIpc) is 3.43. The smallest absolute Gasteiger partial charge is 0.265 e. The minimum absolute atomic E-state index is 0.0527. The number of hydrogen-bond acceptors (Lipinski definition) is 7. The highest BCUT2D eigenvalue weighted by Gasteiger charge is 2.29. The van der Waals surface area contributed by atoms with E-state index in [1.807, 2.05) is 19.1 Å². The summed E-state index contributed by atoms with van der Waals surface area (Å²) >= 11 is 8.86. The molecule has 1 aliphatic rings. The average molecular weight is 492 g/mol. The van der Waals surface area contributed by atoms with Crippen LogP contribution in [0.1, 0.15) is 25.7 Å². The van der Waals surface area contributed by atoms with E-state index in [0.717, 1.165) is 9.88 Å². The lowest BCUT2D eigenvalue weighted by Gasteiger charge is -2.34. The Bertz CT molecular complexity index is 1150. The maximum absolute atomic E-state index is 13.1. The van der Waals surface area contributed by atoms with Gasteiger partial charge in [-0.15, -0.1) is 22.7 Å². The van der Waals surface area contributed by atoms with Crippen LogP contribution in [0.4, 0.5) is 0 Å². The summed E-state index contributed by atoms with van der Waals surface area (Å²) in [5.41, 5.74) is 1.19. The molecule has 0 saturated carbocycles. The Labute approximate surface area is 199 Å². The van der Waals surface area contributed by atoms with Crippen LogP contribution in [-0.4, -0.2) is 67.0 Å². The number of rotatable bonds is 5. The Morgan fingerprint density at radius 3 is 2.25 bits per heavy atom. The number of benzene rings is 1. The SMILES string of the molecule is COc1ccc(C(=O)N2CCN(C(=O)c3sc(-c4ccc(Cl)s4)nc3C)CC2)c(OC)c1. The van der Waals surface area contributed by atoms with Gasteiger partial charge in [-0.3, -0.25) is 9.59 Å². The lowest BCUT2D eigenvalue weighted by atomic mass is 10.1. The van der Waals surface area contributed by atoms with E-state index in [2.05, 4.69) is 4.98 Å². The van der Waals surface area contributed by atoms with Crippen LogP contribution in [0.5, 0.6) is 11.5 Å². The van der Waals surface area contributed by atoms with Crippen LogP contribution < -0.4 is 9.47 Å². The molecule has 0 N–H and O–H groups in total. The zero-order valence-electron chi connectivity index (χ0n) is 17.9. The van der Waals surface area contributed by atoms with Crippen LogP contribution in [-0.2, 0) is 0 Å². The van der Waals surface area contributed by atoms with Crippen molar-refractivity contribution in [1.82, 2.24) is 14.8 Å². The van der Waals surface area contributed by atoms with Crippen LogP contribution in [0.2, 0.25) is 4.34 Å². The molecule has 0 radical (unpaired) electrons. The molecule has 1 fully saturated rings. The maximum Gasteiger partial charge on any atom is 0.265 e. The molecule has 2 amide bonds. The number of carbonyl (C=O) groups excluding carboxylic acids is 2. The summed E-state index contributed by atoms with van der Waals surface area (Å²) < 4.78 is 11.3. The van der Waals surface area contributed by atoms with Gasteiger partial charge in [0, 0.05) is 32.2 Å². The number of nitrogens with zero attached hydrogens (tertiary/aromatic N) is 3. The van der Waals surface area contributed by atoms with Gasteiger partial charge in [0.2, 0.25) is 0 Å². The molecule has 1 aliphatic heterocycles. The highest BCUT2D eigenvalue weighted by atomic mass is 35.5. The number of hydrogen-bond donors (Lipinski definition) is 0. The number of aromatic nitrogens is 1. The summed E-state index contributed by atoms with van der Waals surface area (Å²) in [5.74, 6) is 0.915. The summed E-state index contributed by atoms with van der Waals surface area (Å²) in [6.45, 7) is 3.66. The molecule has 1 saturated heterocycles. The van der Waals surface area contributed by atoms with Crippen LogP contribution in [0, 0.1) is 6.92 Å². The van der Waals surface area contributed by atoms with E-state index < -0.39 is 0 Å². The predicted octanol–water partition coefficient (Wildman–Crippen LogP) is 4.45. The number of aryl methyl sites for hydroxylation is 1. The van der Waals surface area contributed by atoms with E-state index in [-0.39, 0.29) is 11.8 Å². The van der Waals surface area contributed by atoms with E-state index in [1.54, 1.807) is 35.1 Å². The Hall–Kier alpha value is -2.62. The Morgan fingerprint density at radius 2 is 1.66 bits per heavy atom. The van der Waals surface area contributed by atoms with Crippen molar-refractivity contribution in [3.63, 3.8) is 0 Å². The van der Waals surface area contributed by atoms with Crippen molar-refractivity contribution in [2.24, 2.45) is 0 Å². The number of ether oxygens (including phenoxy) is 2. The fourth-order valence-corrected chi connectivity index (χ4v) is 5.66. The second-order valence-electron chi connectivity index (χ2n) is 7.19.